The molecular formula is C35H30N2O5. The molecule has 7 nitrogen and oxygen atoms in total. The molecule has 3 aromatic carbocycles. The van der Waals surface area contributed by atoms with E-state index in [1.807, 2.05) is 36.4 Å². The molecule has 3 aliphatic carbocycles. The van der Waals surface area contributed by atoms with Crippen molar-refractivity contribution in [2.75, 3.05) is 13.7 Å². The number of ether oxygens (including phenoxy) is 2. The highest BCUT2D eigenvalue weighted by molar-refractivity contribution is 5.98. The van der Waals surface area contributed by atoms with E-state index in [2.05, 4.69) is 47.8 Å². The van der Waals surface area contributed by atoms with E-state index in [-0.39, 0.29) is 12.5 Å². The summed E-state index contributed by atoms with van der Waals surface area (Å²) in [6, 6.07) is 32.9. The van der Waals surface area contributed by atoms with E-state index in [9.17, 15) is 14.4 Å². The number of nitrogens with zero attached hydrogens (tertiary/aromatic N) is 1. The predicted molar refractivity (Wildman–Crippen MR) is 160 cm³/mol. The molecule has 0 saturated heterocycles. The summed E-state index contributed by atoms with van der Waals surface area (Å²) in [6.45, 7) is 1.67. The monoisotopic (exact) mass is 558 g/mol. The maximum Gasteiger partial charge on any atom is 0.407 e. The molecular weight excluding hydrogens is 528 g/mol. The van der Waals surface area contributed by atoms with Gasteiger partial charge in [0.05, 0.1) is 13.2 Å². The highest BCUT2D eigenvalue weighted by Crippen LogP contribution is 2.44. The van der Waals surface area contributed by atoms with Crippen LogP contribution >= 0.6 is 0 Å². The molecule has 0 aliphatic heterocycles. The smallest absolute Gasteiger partial charge is 0.407 e. The highest BCUT2D eigenvalue weighted by atomic mass is 16.5. The first-order valence-corrected chi connectivity index (χ1v) is 13.6. The highest BCUT2D eigenvalue weighted by Gasteiger charge is 2.37. The quantitative estimate of drug-likeness (QED) is 0.154. The van der Waals surface area contributed by atoms with E-state index in [0.29, 0.717) is 5.56 Å². The first kappa shape index (κ1) is 28.2. The lowest BCUT2D eigenvalue weighted by molar-refractivity contribution is -0.145. The topological polar surface area (TPSA) is 84.9 Å². The number of methoxy groups -OCH3 is 1. The molecule has 2 atom stereocenters. The molecule has 3 aliphatic rings. The number of alkyl carbamates (subject to hydrolysis) is 1. The molecule has 0 radical (unpaired) electrons. The Morgan fingerprint density at radius 3 is 1.83 bits per heavy atom. The average Bonchev–Trinajstić information content (AvgIpc) is 3.34. The van der Waals surface area contributed by atoms with Crippen LogP contribution in [0.3, 0.4) is 0 Å². The zero-order valence-corrected chi connectivity index (χ0v) is 23.3. The van der Waals surface area contributed by atoms with Gasteiger partial charge in [-0.1, -0.05) is 97.4 Å². The van der Waals surface area contributed by atoms with Gasteiger partial charge < -0.3 is 14.8 Å². The number of carbonyl (C=O) groups excluding carboxylic acids is 3. The van der Waals surface area contributed by atoms with Crippen LogP contribution in [0.15, 0.2) is 103 Å². The molecule has 3 aromatic rings. The zero-order valence-electron chi connectivity index (χ0n) is 23.3. The van der Waals surface area contributed by atoms with Crippen molar-refractivity contribution in [2.24, 2.45) is 0 Å². The summed E-state index contributed by atoms with van der Waals surface area (Å²) in [4.78, 5) is 39.3. The van der Waals surface area contributed by atoms with Crippen molar-refractivity contribution in [1.82, 2.24) is 10.2 Å². The Morgan fingerprint density at radius 2 is 1.36 bits per heavy atom. The fourth-order valence-corrected chi connectivity index (χ4v) is 5.21. The number of esters is 1. The van der Waals surface area contributed by atoms with Crippen molar-refractivity contribution in [1.29, 1.82) is 0 Å². The molecule has 210 valence electrons. The second-order valence-electron chi connectivity index (χ2n) is 9.97. The lowest BCUT2D eigenvalue weighted by Gasteiger charge is -2.29. The minimum atomic E-state index is -1.26. The molecule has 0 spiro atoms. The van der Waals surface area contributed by atoms with Gasteiger partial charge in [-0.05, 0) is 52.4 Å². The summed E-state index contributed by atoms with van der Waals surface area (Å²) in [5, 5.41) is 2.64. The van der Waals surface area contributed by atoms with Gasteiger partial charge in [-0.2, -0.15) is 0 Å². The minimum absolute atomic E-state index is 0.108. The van der Waals surface area contributed by atoms with Crippen molar-refractivity contribution in [3.05, 3.63) is 120 Å². The third-order valence-corrected chi connectivity index (χ3v) is 7.48. The van der Waals surface area contributed by atoms with Crippen LogP contribution in [0.5, 0.6) is 0 Å². The number of nitrogens with one attached hydrogen (secondary N) is 1. The number of hydrogen-bond donors (Lipinski definition) is 1. The predicted octanol–water partition coefficient (Wildman–Crippen LogP) is 5.86. The summed E-state index contributed by atoms with van der Waals surface area (Å²) in [6.07, 6.45) is 4.87. The summed E-state index contributed by atoms with van der Waals surface area (Å²) >= 11 is 0. The largest absolute Gasteiger partial charge is 0.467 e. The van der Waals surface area contributed by atoms with Gasteiger partial charge in [-0.15, -0.1) is 0 Å². The number of fused-ring (bicyclic) bond motifs is 4. The number of rotatable bonds is 7. The fourth-order valence-electron chi connectivity index (χ4n) is 5.21. The van der Waals surface area contributed by atoms with Gasteiger partial charge in [0.1, 0.15) is 6.61 Å². The molecule has 42 heavy (non-hydrogen) atoms. The van der Waals surface area contributed by atoms with Crippen molar-refractivity contribution in [3.8, 4) is 34.7 Å². The summed E-state index contributed by atoms with van der Waals surface area (Å²) in [5.74, 6) is -1.44. The molecule has 0 unspecified atom stereocenters. The molecule has 0 bridgehead atoms. The van der Waals surface area contributed by atoms with Crippen molar-refractivity contribution >= 4 is 18.0 Å². The Bertz CT molecular complexity index is 1580. The number of benzene rings is 4. The van der Waals surface area contributed by atoms with E-state index in [4.69, 9.17) is 15.9 Å². The van der Waals surface area contributed by atoms with Crippen LogP contribution in [0.1, 0.15) is 34.3 Å². The van der Waals surface area contributed by atoms with Gasteiger partial charge in [0.15, 0.2) is 6.04 Å². The minimum Gasteiger partial charge on any atom is -0.467 e. The third kappa shape index (κ3) is 5.61. The number of carbonyl (C=O) groups is 3. The van der Waals surface area contributed by atoms with Crippen LogP contribution < -0.4 is 5.32 Å². The maximum absolute atomic E-state index is 13.0. The van der Waals surface area contributed by atoms with Gasteiger partial charge in [-0.3, -0.25) is 9.69 Å². The van der Waals surface area contributed by atoms with E-state index in [1.165, 1.54) is 18.2 Å². The van der Waals surface area contributed by atoms with E-state index >= 15 is 0 Å². The van der Waals surface area contributed by atoms with Gasteiger partial charge >= 0.3 is 12.1 Å². The fraction of sp³-hybridized carbons (Fsp3) is 0.171. The molecule has 0 fully saturated rings. The SMILES string of the molecule is C#CN(C(=O)c1ccccc1)[C@H](C(=O)OC)[C@H](C)NC(=O)OCC1c2ccccc2-c2ccccc21.c1cc2ccc1-2. The molecule has 2 amide bonds. The molecule has 1 N–H and O–H groups in total. The number of terminal acetylenes is 1. The van der Waals surface area contributed by atoms with Crippen LogP contribution in [0.4, 0.5) is 4.79 Å². The summed E-state index contributed by atoms with van der Waals surface area (Å²) in [7, 11) is 1.19. The molecule has 0 saturated carbocycles. The lowest BCUT2D eigenvalue weighted by atomic mass is 9.95. The van der Waals surface area contributed by atoms with Gasteiger partial charge in [-0.25, -0.2) is 9.59 Å². The summed E-state index contributed by atoms with van der Waals surface area (Å²) in [5.41, 5.74) is 7.55. The van der Waals surface area contributed by atoms with Crippen molar-refractivity contribution in [3.63, 3.8) is 0 Å². The zero-order chi connectivity index (χ0) is 29.6. The van der Waals surface area contributed by atoms with Crippen LogP contribution in [0.25, 0.3) is 22.3 Å². The average molecular weight is 559 g/mol. The number of hydrogen-bond acceptors (Lipinski definition) is 5. The molecule has 6 rings (SSSR count). The Labute approximate surface area is 245 Å². The second kappa shape index (κ2) is 12.4. The van der Waals surface area contributed by atoms with E-state index < -0.39 is 30.1 Å². The normalized spacial score (nSPS) is 13.1. The Balaban J connectivity index is 0.000000513. The van der Waals surface area contributed by atoms with E-state index in [0.717, 1.165) is 27.2 Å². The van der Waals surface area contributed by atoms with Crippen LogP contribution in [-0.2, 0) is 14.3 Å². The molecule has 0 heterocycles. The Hall–Kier alpha value is -5.35. The maximum atomic E-state index is 13.0. The standard InChI is InChI=1S/C29H26N2O5.C6H4/c1-4-31(27(32)20-12-6-5-7-13-20)26(28(33)35-3)19(2)30-29(34)36-18-25-23-16-10-8-14-21(23)22-15-9-11-17-24(22)25;1-2-6-4-3-5(1)6/h1,5-17,19,25-26H,18H2,2-3H3,(H,30,34);1-4H/t19-,26-;/m0./s1. The summed E-state index contributed by atoms with van der Waals surface area (Å²) < 4.78 is 10.5. The third-order valence-electron chi connectivity index (χ3n) is 7.48. The Kier molecular flexibility index (Phi) is 8.35. The van der Waals surface area contributed by atoms with Crippen LogP contribution in [0.2, 0.25) is 0 Å². The number of amides is 2. The second-order valence-corrected chi connectivity index (χ2v) is 9.97. The Morgan fingerprint density at radius 1 is 0.833 bits per heavy atom. The van der Waals surface area contributed by atoms with Crippen molar-refractivity contribution < 1.29 is 23.9 Å². The van der Waals surface area contributed by atoms with Gasteiger partial charge in [0, 0.05) is 17.5 Å². The van der Waals surface area contributed by atoms with Gasteiger partial charge in [0.2, 0.25) is 0 Å². The molecule has 0 aromatic heterocycles. The van der Waals surface area contributed by atoms with E-state index in [1.54, 1.807) is 37.3 Å². The van der Waals surface area contributed by atoms with Crippen LogP contribution in [0, 0.1) is 12.5 Å². The first-order chi connectivity index (χ1) is 20.4. The van der Waals surface area contributed by atoms with Gasteiger partial charge in [0.25, 0.3) is 5.91 Å². The lowest BCUT2D eigenvalue weighted by Crippen LogP contribution is -2.55. The first-order valence-electron chi connectivity index (χ1n) is 13.6. The molecule has 7 heteroatoms. The van der Waals surface area contributed by atoms with Crippen LogP contribution in [-0.4, -0.2) is 48.7 Å². The van der Waals surface area contributed by atoms with Crippen molar-refractivity contribution in [2.45, 2.75) is 24.9 Å².